The van der Waals surface area contributed by atoms with Crippen LogP contribution in [-0.2, 0) is 0 Å². The average molecular weight is 276 g/mol. The average Bonchev–Trinajstić information content (AvgIpc) is 2.55. The first-order chi connectivity index (χ1) is 10.3. The molecule has 0 bridgehead atoms. The van der Waals surface area contributed by atoms with Gasteiger partial charge in [0, 0.05) is 35.3 Å². The highest BCUT2D eigenvalue weighted by Gasteiger charge is 2.02. The summed E-state index contributed by atoms with van der Waals surface area (Å²) in [5.74, 6) is 0. The number of aliphatic imine (C=N–C) groups is 1. The van der Waals surface area contributed by atoms with E-state index in [0.717, 1.165) is 22.4 Å². The number of hydrogen-bond donors (Lipinski definition) is 1. The largest absolute Gasteiger partial charge is 0.286 e. The molecule has 0 radical (unpaired) electrons. The highest BCUT2D eigenvalue weighted by Crippen LogP contribution is 2.19. The topological polar surface area (TPSA) is 49.6 Å². The molecule has 21 heavy (non-hydrogen) atoms. The van der Waals surface area contributed by atoms with Crippen LogP contribution in [-0.4, -0.2) is 17.9 Å². The Labute approximate surface area is 124 Å². The molecule has 4 nitrogen and oxygen atoms in total. The Balaban J connectivity index is 2.26. The number of aromatic nitrogens is 1. The first-order valence-corrected chi connectivity index (χ1v) is 6.42. The molecule has 1 aromatic heterocycles. The molecule has 0 unspecified atom stereocenters. The third-order valence-electron chi connectivity index (χ3n) is 2.77. The molecule has 0 saturated carbocycles. The van der Waals surface area contributed by atoms with Crippen molar-refractivity contribution in [3.63, 3.8) is 0 Å². The highest BCUT2D eigenvalue weighted by atomic mass is 15.3. The molecule has 0 spiro atoms. The Hall–Kier alpha value is -3.01. The monoisotopic (exact) mass is 276 g/mol. The van der Waals surface area contributed by atoms with Crippen LogP contribution >= 0.6 is 0 Å². The van der Waals surface area contributed by atoms with E-state index in [4.69, 9.17) is 0 Å². The number of rotatable bonds is 6. The Morgan fingerprint density at radius 3 is 2.57 bits per heavy atom. The minimum Gasteiger partial charge on any atom is -0.286 e. The summed E-state index contributed by atoms with van der Waals surface area (Å²) < 4.78 is 0. The number of hydrazone groups is 1. The van der Waals surface area contributed by atoms with Crippen molar-refractivity contribution >= 4 is 18.5 Å². The van der Waals surface area contributed by atoms with Gasteiger partial charge in [-0.15, -0.1) is 0 Å². The van der Waals surface area contributed by atoms with Gasteiger partial charge in [0.1, 0.15) is 0 Å². The van der Waals surface area contributed by atoms with Gasteiger partial charge in [0.15, 0.2) is 0 Å². The molecule has 1 aromatic carbocycles. The zero-order valence-corrected chi connectivity index (χ0v) is 11.6. The van der Waals surface area contributed by atoms with Crippen molar-refractivity contribution in [1.82, 2.24) is 10.4 Å². The van der Waals surface area contributed by atoms with Gasteiger partial charge in [0.2, 0.25) is 0 Å². The quantitative estimate of drug-likeness (QED) is 0.648. The fourth-order valence-electron chi connectivity index (χ4n) is 1.78. The van der Waals surface area contributed by atoms with Gasteiger partial charge in [-0.3, -0.25) is 15.4 Å². The molecular weight excluding hydrogens is 260 g/mol. The van der Waals surface area contributed by atoms with Gasteiger partial charge < -0.3 is 0 Å². The van der Waals surface area contributed by atoms with E-state index in [9.17, 15) is 0 Å². The van der Waals surface area contributed by atoms with Gasteiger partial charge in [0.25, 0.3) is 0 Å². The summed E-state index contributed by atoms with van der Waals surface area (Å²) in [6.45, 7) is 7.00. The second-order valence-corrected chi connectivity index (χ2v) is 4.16. The molecule has 2 rings (SSSR count). The molecular formula is C17H16N4. The molecule has 104 valence electrons. The van der Waals surface area contributed by atoms with E-state index in [1.54, 1.807) is 18.6 Å². The number of hydrogen-bond acceptors (Lipinski definition) is 4. The third kappa shape index (κ3) is 3.98. The standard InChI is InChI=1S/C17H16N4/c1-3-20-21-13-16(11-18-2)15-9-10-17(19-12-15)14-7-5-4-6-8-14/h3-13,20H,1-2H2/b16-11-,21-13-. The van der Waals surface area contributed by atoms with Crippen molar-refractivity contribution in [3.05, 3.63) is 73.2 Å². The van der Waals surface area contributed by atoms with E-state index in [2.05, 4.69) is 33.8 Å². The molecule has 1 N–H and O–H groups in total. The lowest BCUT2D eigenvalue weighted by molar-refractivity contribution is 0.981. The smallest absolute Gasteiger partial charge is 0.0702 e. The summed E-state index contributed by atoms with van der Waals surface area (Å²) in [5, 5.41) is 3.99. The van der Waals surface area contributed by atoms with Crippen LogP contribution in [0.3, 0.4) is 0 Å². The molecule has 0 atom stereocenters. The minimum absolute atomic E-state index is 0.812. The van der Waals surface area contributed by atoms with Crippen LogP contribution in [0.25, 0.3) is 16.8 Å². The van der Waals surface area contributed by atoms with E-state index in [-0.39, 0.29) is 0 Å². The summed E-state index contributed by atoms with van der Waals surface area (Å²) in [7, 11) is 0. The number of nitrogens with zero attached hydrogens (tertiary/aromatic N) is 3. The second kappa shape index (κ2) is 7.55. The van der Waals surface area contributed by atoms with E-state index >= 15 is 0 Å². The Morgan fingerprint density at radius 1 is 1.14 bits per heavy atom. The Morgan fingerprint density at radius 2 is 1.95 bits per heavy atom. The zero-order valence-electron chi connectivity index (χ0n) is 11.6. The molecule has 0 aliphatic heterocycles. The Bertz CT molecular complexity index is 655. The van der Waals surface area contributed by atoms with E-state index in [0.29, 0.717) is 0 Å². The van der Waals surface area contributed by atoms with Crippen molar-refractivity contribution < 1.29 is 0 Å². The summed E-state index contributed by atoms with van der Waals surface area (Å²) in [5.41, 5.74) is 6.38. The molecule has 2 aromatic rings. The van der Waals surface area contributed by atoms with E-state index in [1.165, 1.54) is 6.20 Å². The van der Waals surface area contributed by atoms with Crippen molar-refractivity contribution in [1.29, 1.82) is 0 Å². The van der Waals surface area contributed by atoms with E-state index < -0.39 is 0 Å². The normalized spacial score (nSPS) is 11.3. The third-order valence-corrected chi connectivity index (χ3v) is 2.77. The fourth-order valence-corrected chi connectivity index (χ4v) is 1.78. The predicted octanol–water partition coefficient (Wildman–Crippen LogP) is 3.51. The number of benzene rings is 1. The van der Waals surface area contributed by atoms with Gasteiger partial charge in [-0.2, -0.15) is 5.10 Å². The molecule has 0 aliphatic rings. The molecule has 1 heterocycles. The minimum atomic E-state index is 0.812. The van der Waals surface area contributed by atoms with E-state index in [1.807, 2.05) is 42.5 Å². The van der Waals surface area contributed by atoms with Crippen LogP contribution in [0.2, 0.25) is 0 Å². The van der Waals surface area contributed by atoms with Crippen molar-refractivity contribution in [3.8, 4) is 11.3 Å². The maximum absolute atomic E-state index is 4.48. The van der Waals surface area contributed by atoms with Crippen molar-refractivity contribution in [2.75, 3.05) is 0 Å². The molecule has 0 amide bonds. The number of pyridine rings is 1. The maximum atomic E-state index is 4.48. The zero-order chi connectivity index (χ0) is 14.9. The highest BCUT2D eigenvalue weighted by molar-refractivity contribution is 6.09. The lowest BCUT2D eigenvalue weighted by Crippen LogP contribution is -1.95. The second-order valence-electron chi connectivity index (χ2n) is 4.16. The summed E-state index contributed by atoms with van der Waals surface area (Å²) in [6.07, 6.45) is 6.56. The van der Waals surface area contributed by atoms with Gasteiger partial charge in [0.05, 0.1) is 11.9 Å². The lowest BCUT2D eigenvalue weighted by Gasteiger charge is -2.04. The van der Waals surface area contributed by atoms with Crippen molar-refractivity contribution in [2.24, 2.45) is 10.1 Å². The van der Waals surface area contributed by atoms with Crippen LogP contribution in [0.4, 0.5) is 0 Å². The summed E-state index contributed by atoms with van der Waals surface area (Å²) >= 11 is 0. The van der Waals surface area contributed by atoms with Crippen LogP contribution < -0.4 is 5.43 Å². The van der Waals surface area contributed by atoms with Gasteiger partial charge in [-0.25, -0.2) is 0 Å². The number of allylic oxidation sites excluding steroid dienone is 1. The van der Waals surface area contributed by atoms with Gasteiger partial charge in [-0.05, 0) is 12.8 Å². The first-order valence-electron chi connectivity index (χ1n) is 6.42. The molecule has 4 heteroatoms. The molecule has 0 aliphatic carbocycles. The molecule has 0 saturated heterocycles. The van der Waals surface area contributed by atoms with Crippen molar-refractivity contribution in [2.45, 2.75) is 0 Å². The Kier molecular flexibility index (Phi) is 5.18. The van der Waals surface area contributed by atoms with Crippen LogP contribution in [0.5, 0.6) is 0 Å². The SMILES string of the molecule is C=CN/N=C\C(=C\N=C)c1ccc(-c2ccccc2)nc1. The van der Waals surface area contributed by atoms with Crippen LogP contribution in [0, 0.1) is 0 Å². The number of nitrogens with one attached hydrogen (secondary N) is 1. The van der Waals surface area contributed by atoms with Gasteiger partial charge >= 0.3 is 0 Å². The van der Waals surface area contributed by atoms with Gasteiger partial charge in [-0.1, -0.05) is 43.0 Å². The van der Waals surface area contributed by atoms with Crippen LogP contribution in [0.1, 0.15) is 5.56 Å². The summed E-state index contributed by atoms with van der Waals surface area (Å²) in [6, 6.07) is 14.0. The fraction of sp³-hybridized carbons (Fsp3) is 0. The summed E-state index contributed by atoms with van der Waals surface area (Å²) in [4.78, 5) is 8.26. The first kappa shape index (κ1) is 14.4. The van der Waals surface area contributed by atoms with Crippen LogP contribution in [0.15, 0.2) is 77.7 Å². The maximum Gasteiger partial charge on any atom is 0.0702 e. The predicted molar refractivity (Wildman–Crippen MR) is 89.0 cm³/mol. The lowest BCUT2D eigenvalue weighted by atomic mass is 10.1. The molecule has 0 fully saturated rings.